The van der Waals surface area contributed by atoms with Crippen LogP contribution in [0.3, 0.4) is 0 Å². The maximum atomic E-state index is 11.7. The van der Waals surface area contributed by atoms with Crippen LogP contribution in [-0.2, 0) is 4.84 Å². The van der Waals surface area contributed by atoms with Crippen molar-refractivity contribution >= 4 is 17.8 Å². The maximum Gasteiger partial charge on any atom is 0.302 e. The summed E-state index contributed by atoms with van der Waals surface area (Å²) in [4.78, 5) is 39.6. The zero-order valence-corrected chi connectivity index (χ0v) is 10.7. The lowest BCUT2D eigenvalue weighted by atomic mass is 10.4. The fourth-order valence-electron chi connectivity index (χ4n) is 1.25. The van der Waals surface area contributed by atoms with Crippen LogP contribution in [0.5, 0.6) is 0 Å². The van der Waals surface area contributed by atoms with E-state index in [2.05, 4.69) is 20.3 Å². The standard InChI is InChI=1S/C11H11N5O4/c1-16(19-2)10(18)8-6-20-11(14-8)15-9(17)7-5-12-3-4-13-7/h3-6H,1-2H3,(H,14,15,17). The topological polar surface area (TPSA) is 110 Å². The molecule has 9 heteroatoms. The number of anilines is 1. The number of aromatic nitrogens is 3. The summed E-state index contributed by atoms with van der Waals surface area (Å²) in [6.45, 7) is 0. The van der Waals surface area contributed by atoms with E-state index in [0.29, 0.717) is 0 Å². The predicted octanol–water partition coefficient (Wildman–Crippen LogP) is 0.350. The molecule has 0 unspecified atom stereocenters. The van der Waals surface area contributed by atoms with E-state index in [1.807, 2.05) is 0 Å². The van der Waals surface area contributed by atoms with Gasteiger partial charge in [0, 0.05) is 19.4 Å². The normalized spacial score (nSPS) is 10.1. The molecule has 1 N–H and O–H groups in total. The second-order valence-electron chi connectivity index (χ2n) is 3.57. The quantitative estimate of drug-likeness (QED) is 0.802. The highest BCUT2D eigenvalue weighted by Gasteiger charge is 2.18. The van der Waals surface area contributed by atoms with Crippen LogP contribution in [0.2, 0.25) is 0 Å². The van der Waals surface area contributed by atoms with Crippen LogP contribution >= 0.6 is 0 Å². The summed E-state index contributed by atoms with van der Waals surface area (Å²) in [7, 11) is 2.77. The molecular weight excluding hydrogens is 266 g/mol. The minimum Gasteiger partial charge on any atom is -0.431 e. The summed E-state index contributed by atoms with van der Waals surface area (Å²) in [5.74, 6) is -1.05. The molecule has 0 bridgehead atoms. The SMILES string of the molecule is CON(C)C(=O)c1coc(NC(=O)c2cnccn2)n1. The lowest BCUT2D eigenvalue weighted by molar-refractivity contribution is -0.0760. The molecular formula is C11H11N5O4. The Labute approximate surface area is 113 Å². The summed E-state index contributed by atoms with van der Waals surface area (Å²) in [6.07, 6.45) is 5.24. The molecule has 0 spiro atoms. The number of carbonyl (C=O) groups is 2. The van der Waals surface area contributed by atoms with Crippen LogP contribution in [0.15, 0.2) is 29.3 Å². The minimum atomic E-state index is -0.543. The third kappa shape index (κ3) is 2.95. The number of oxazole rings is 1. The predicted molar refractivity (Wildman–Crippen MR) is 65.6 cm³/mol. The van der Waals surface area contributed by atoms with E-state index in [9.17, 15) is 9.59 Å². The summed E-state index contributed by atoms with van der Waals surface area (Å²) in [5, 5.41) is 3.34. The lowest BCUT2D eigenvalue weighted by Gasteiger charge is -2.10. The van der Waals surface area contributed by atoms with Gasteiger partial charge in [0.25, 0.3) is 11.8 Å². The Morgan fingerprint density at radius 3 is 2.80 bits per heavy atom. The van der Waals surface area contributed by atoms with Crippen molar-refractivity contribution in [3.8, 4) is 0 Å². The smallest absolute Gasteiger partial charge is 0.302 e. The number of nitrogens with one attached hydrogen (secondary N) is 1. The number of rotatable bonds is 4. The molecule has 2 aromatic rings. The van der Waals surface area contributed by atoms with Gasteiger partial charge in [0.1, 0.15) is 12.0 Å². The Morgan fingerprint density at radius 2 is 2.15 bits per heavy atom. The van der Waals surface area contributed by atoms with Gasteiger partial charge >= 0.3 is 6.01 Å². The first-order valence-corrected chi connectivity index (χ1v) is 5.47. The molecule has 20 heavy (non-hydrogen) atoms. The number of hydroxylamine groups is 2. The van der Waals surface area contributed by atoms with E-state index in [4.69, 9.17) is 9.25 Å². The first-order valence-electron chi connectivity index (χ1n) is 5.47. The Bertz CT molecular complexity index is 612. The first kappa shape index (κ1) is 13.6. The summed E-state index contributed by atoms with van der Waals surface area (Å²) in [5.41, 5.74) is 0.108. The molecule has 0 saturated heterocycles. The van der Waals surface area contributed by atoms with E-state index in [0.717, 1.165) is 11.3 Å². The zero-order chi connectivity index (χ0) is 14.5. The Balaban J connectivity index is 2.07. The number of hydrogen-bond acceptors (Lipinski definition) is 7. The third-order valence-corrected chi connectivity index (χ3v) is 2.30. The van der Waals surface area contributed by atoms with Crippen molar-refractivity contribution in [1.82, 2.24) is 20.0 Å². The fraction of sp³-hybridized carbons (Fsp3) is 0.182. The highest BCUT2D eigenvalue weighted by molar-refractivity contribution is 6.01. The minimum absolute atomic E-state index is 0.00351. The molecule has 2 heterocycles. The third-order valence-electron chi connectivity index (χ3n) is 2.30. The van der Waals surface area contributed by atoms with Gasteiger partial charge < -0.3 is 4.42 Å². The van der Waals surface area contributed by atoms with Crippen molar-refractivity contribution in [3.63, 3.8) is 0 Å². The second-order valence-corrected chi connectivity index (χ2v) is 3.57. The molecule has 2 rings (SSSR count). The van der Waals surface area contributed by atoms with E-state index in [1.54, 1.807) is 0 Å². The van der Waals surface area contributed by atoms with Crippen molar-refractivity contribution in [2.75, 3.05) is 19.5 Å². The number of amides is 2. The molecule has 0 saturated carbocycles. The van der Waals surface area contributed by atoms with Crippen LogP contribution in [-0.4, -0.2) is 46.0 Å². The van der Waals surface area contributed by atoms with Crippen molar-refractivity contribution in [3.05, 3.63) is 36.2 Å². The zero-order valence-electron chi connectivity index (χ0n) is 10.7. The van der Waals surface area contributed by atoms with Gasteiger partial charge in [-0.15, -0.1) is 0 Å². The molecule has 9 nitrogen and oxygen atoms in total. The van der Waals surface area contributed by atoms with Crippen LogP contribution in [0.25, 0.3) is 0 Å². The van der Waals surface area contributed by atoms with E-state index in [1.165, 1.54) is 32.7 Å². The lowest BCUT2D eigenvalue weighted by Crippen LogP contribution is -2.25. The maximum absolute atomic E-state index is 11.7. The Morgan fingerprint density at radius 1 is 1.35 bits per heavy atom. The van der Waals surface area contributed by atoms with Gasteiger partial charge in [0.2, 0.25) is 0 Å². The van der Waals surface area contributed by atoms with Crippen molar-refractivity contribution in [2.24, 2.45) is 0 Å². The van der Waals surface area contributed by atoms with Crippen LogP contribution in [0, 0.1) is 0 Å². The first-order chi connectivity index (χ1) is 9.61. The second kappa shape index (κ2) is 5.89. The molecule has 2 amide bonds. The van der Waals surface area contributed by atoms with E-state index < -0.39 is 11.8 Å². The van der Waals surface area contributed by atoms with Gasteiger partial charge in [0.15, 0.2) is 5.69 Å². The molecule has 0 aliphatic carbocycles. The van der Waals surface area contributed by atoms with Crippen LogP contribution in [0.4, 0.5) is 6.01 Å². The molecule has 0 aromatic carbocycles. The molecule has 0 aliphatic heterocycles. The van der Waals surface area contributed by atoms with Gasteiger partial charge in [-0.2, -0.15) is 4.98 Å². The molecule has 0 aliphatic rings. The average Bonchev–Trinajstić information content (AvgIpc) is 2.95. The molecule has 0 atom stereocenters. The molecule has 0 radical (unpaired) electrons. The average molecular weight is 277 g/mol. The van der Waals surface area contributed by atoms with E-state index >= 15 is 0 Å². The monoisotopic (exact) mass is 277 g/mol. The number of carbonyl (C=O) groups excluding carboxylic acids is 2. The highest BCUT2D eigenvalue weighted by Crippen LogP contribution is 2.10. The summed E-state index contributed by atoms with van der Waals surface area (Å²) >= 11 is 0. The fourth-order valence-corrected chi connectivity index (χ4v) is 1.25. The van der Waals surface area contributed by atoms with Gasteiger partial charge in [-0.1, -0.05) is 0 Å². The van der Waals surface area contributed by atoms with Gasteiger partial charge in [-0.25, -0.2) is 10.0 Å². The van der Waals surface area contributed by atoms with Crippen LogP contribution in [0.1, 0.15) is 21.0 Å². The van der Waals surface area contributed by atoms with Crippen molar-refractivity contribution < 1.29 is 18.8 Å². The largest absolute Gasteiger partial charge is 0.431 e. The van der Waals surface area contributed by atoms with Gasteiger partial charge in [0.05, 0.1) is 13.3 Å². The van der Waals surface area contributed by atoms with Gasteiger partial charge in [-0.05, 0) is 0 Å². The van der Waals surface area contributed by atoms with Crippen molar-refractivity contribution in [1.29, 1.82) is 0 Å². The molecule has 2 aromatic heterocycles. The summed E-state index contributed by atoms with van der Waals surface area (Å²) < 4.78 is 4.98. The Hall–Kier alpha value is -2.81. The number of nitrogens with zero attached hydrogens (tertiary/aromatic N) is 4. The molecule has 104 valence electrons. The number of hydrogen-bond donors (Lipinski definition) is 1. The van der Waals surface area contributed by atoms with Crippen molar-refractivity contribution in [2.45, 2.75) is 0 Å². The van der Waals surface area contributed by atoms with Gasteiger partial charge in [-0.3, -0.25) is 24.7 Å². The Kier molecular flexibility index (Phi) is 4.01. The highest BCUT2D eigenvalue weighted by atomic mass is 16.7. The van der Waals surface area contributed by atoms with E-state index in [-0.39, 0.29) is 17.4 Å². The summed E-state index contributed by atoms with van der Waals surface area (Å²) in [6, 6.07) is -0.117. The molecule has 0 fully saturated rings. The van der Waals surface area contributed by atoms with Crippen LogP contribution < -0.4 is 5.32 Å².